The van der Waals surface area contributed by atoms with E-state index < -0.39 is 11.6 Å². The Hall–Kier alpha value is -2.75. The maximum Gasteiger partial charge on any atom is 0.200 e. The first-order valence-electron chi connectivity index (χ1n) is 6.38. The average Bonchev–Trinajstić information content (AvgIpc) is 2.46. The Kier molecular flexibility index (Phi) is 2.36. The molecular weight excluding hydrogens is 274 g/mol. The lowest BCUT2D eigenvalue weighted by atomic mass is 10.1. The summed E-state index contributed by atoms with van der Waals surface area (Å²) in [5.41, 5.74) is 0.204. The molecule has 0 aliphatic heterocycles. The summed E-state index contributed by atoms with van der Waals surface area (Å²) in [7, 11) is 0. The highest BCUT2D eigenvalue weighted by molar-refractivity contribution is 5.99. The van der Waals surface area contributed by atoms with Gasteiger partial charge in [0.05, 0.1) is 10.8 Å². The highest BCUT2D eigenvalue weighted by atomic mass is 19.1. The first kappa shape index (κ1) is 12.0. The van der Waals surface area contributed by atoms with Gasteiger partial charge in [-0.1, -0.05) is 12.1 Å². The fourth-order valence-electron chi connectivity index (χ4n) is 2.56. The molecule has 1 aromatic heterocycles. The smallest absolute Gasteiger partial charge is 0.200 e. The second kappa shape index (κ2) is 4.12. The van der Waals surface area contributed by atoms with Gasteiger partial charge < -0.3 is 4.42 Å². The van der Waals surface area contributed by atoms with Gasteiger partial charge >= 0.3 is 0 Å². The quantitative estimate of drug-likeness (QED) is 0.448. The molecule has 0 saturated carbocycles. The highest BCUT2D eigenvalue weighted by Gasteiger charge is 2.11. The molecule has 0 bridgehead atoms. The molecule has 2 nitrogen and oxygen atoms in total. The zero-order valence-corrected chi connectivity index (χ0v) is 10.7. The number of fused-ring (bicyclic) bond motifs is 3. The van der Waals surface area contributed by atoms with Crippen LogP contribution in [0.1, 0.15) is 0 Å². The van der Waals surface area contributed by atoms with Gasteiger partial charge in [0.15, 0.2) is 0 Å². The van der Waals surface area contributed by atoms with E-state index in [4.69, 9.17) is 4.42 Å². The molecule has 3 aromatic carbocycles. The Bertz CT molecular complexity index is 1080. The molecule has 21 heavy (non-hydrogen) atoms. The molecule has 4 heteroatoms. The summed E-state index contributed by atoms with van der Waals surface area (Å²) in [4.78, 5) is 12.4. The minimum atomic E-state index is -0.475. The Morgan fingerprint density at radius 2 is 1.62 bits per heavy atom. The summed E-state index contributed by atoms with van der Waals surface area (Å²) in [6.45, 7) is 0. The van der Waals surface area contributed by atoms with Crippen molar-refractivity contribution in [3.05, 3.63) is 70.4 Å². The summed E-state index contributed by atoms with van der Waals surface area (Å²) >= 11 is 0. The fourth-order valence-corrected chi connectivity index (χ4v) is 2.56. The van der Waals surface area contributed by atoms with Crippen LogP contribution in [-0.4, -0.2) is 0 Å². The van der Waals surface area contributed by atoms with E-state index in [1.807, 2.05) is 0 Å². The third-order valence-electron chi connectivity index (χ3n) is 3.58. The van der Waals surface area contributed by atoms with Gasteiger partial charge in [-0.2, -0.15) is 0 Å². The van der Waals surface area contributed by atoms with Crippen LogP contribution in [0.5, 0.6) is 0 Å². The molecule has 1 heterocycles. The molecule has 0 radical (unpaired) electrons. The van der Waals surface area contributed by atoms with Crippen LogP contribution in [0.2, 0.25) is 0 Å². The molecule has 4 rings (SSSR count). The maximum atomic E-state index is 13.8. The van der Waals surface area contributed by atoms with E-state index in [0.29, 0.717) is 16.4 Å². The third kappa shape index (κ3) is 1.72. The van der Waals surface area contributed by atoms with Gasteiger partial charge in [-0.15, -0.1) is 0 Å². The van der Waals surface area contributed by atoms with Crippen molar-refractivity contribution in [2.75, 3.05) is 0 Å². The first-order chi connectivity index (χ1) is 10.1. The standard InChI is InChI=1S/C17H8F2O2/c18-10-4-5-11-16(7-10)21-15-6-9-2-1-3-14(19)12(9)8-13(15)17(11)20/h1-8H. The maximum absolute atomic E-state index is 13.8. The lowest BCUT2D eigenvalue weighted by Crippen LogP contribution is -2.02. The first-order valence-corrected chi connectivity index (χ1v) is 6.38. The predicted octanol–water partition coefficient (Wildman–Crippen LogP) is 4.38. The van der Waals surface area contributed by atoms with Crippen LogP contribution in [-0.2, 0) is 0 Å². The van der Waals surface area contributed by atoms with Crippen molar-refractivity contribution in [3.63, 3.8) is 0 Å². The summed E-state index contributed by atoms with van der Waals surface area (Å²) in [5, 5.41) is 1.55. The Labute approximate surface area is 117 Å². The minimum Gasteiger partial charge on any atom is -0.456 e. The predicted molar refractivity (Wildman–Crippen MR) is 77.4 cm³/mol. The van der Waals surface area contributed by atoms with Crippen molar-refractivity contribution < 1.29 is 13.2 Å². The van der Waals surface area contributed by atoms with E-state index >= 15 is 0 Å². The van der Waals surface area contributed by atoms with Crippen LogP contribution < -0.4 is 5.43 Å². The third-order valence-corrected chi connectivity index (χ3v) is 3.58. The fraction of sp³-hybridized carbons (Fsp3) is 0. The molecule has 0 amide bonds. The lowest BCUT2D eigenvalue weighted by molar-refractivity contribution is 0.615. The van der Waals surface area contributed by atoms with Crippen molar-refractivity contribution in [1.29, 1.82) is 0 Å². The molecule has 0 saturated heterocycles. The van der Waals surface area contributed by atoms with Gasteiger partial charge in [0, 0.05) is 11.5 Å². The monoisotopic (exact) mass is 282 g/mol. The molecule has 0 unspecified atom stereocenters. The van der Waals surface area contributed by atoms with E-state index in [1.54, 1.807) is 18.2 Å². The van der Waals surface area contributed by atoms with Crippen LogP contribution in [0.15, 0.2) is 57.7 Å². The normalized spacial score (nSPS) is 11.5. The molecule has 0 fully saturated rings. The van der Waals surface area contributed by atoms with Crippen molar-refractivity contribution in [1.82, 2.24) is 0 Å². The van der Waals surface area contributed by atoms with Gasteiger partial charge in [-0.25, -0.2) is 8.78 Å². The molecule has 102 valence electrons. The Morgan fingerprint density at radius 3 is 2.48 bits per heavy atom. The van der Waals surface area contributed by atoms with Crippen molar-refractivity contribution in [3.8, 4) is 0 Å². The average molecular weight is 282 g/mol. The second-order valence-corrected chi connectivity index (χ2v) is 4.88. The van der Waals surface area contributed by atoms with E-state index in [0.717, 1.165) is 0 Å². The number of hydrogen-bond donors (Lipinski definition) is 0. The zero-order valence-electron chi connectivity index (χ0n) is 10.7. The van der Waals surface area contributed by atoms with Crippen molar-refractivity contribution in [2.45, 2.75) is 0 Å². The SMILES string of the molecule is O=c1c2ccc(F)cc2oc2cc3cccc(F)c3cc12. The van der Waals surface area contributed by atoms with Gasteiger partial charge in [-0.05, 0) is 35.7 Å². The number of benzene rings is 3. The van der Waals surface area contributed by atoms with Crippen LogP contribution in [0.3, 0.4) is 0 Å². The molecule has 0 spiro atoms. The van der Waals surface area contributed by atoms with Gasteiger partial charge in [0.25, 0.3) is 0 Å². The summed E-state index contributed by atoms with van der Waals surface area (Å²) in [5.74, 6) is -0.871. The van der Waals surface area contributed by atoms with E-state index in [9.17, 15) is 13.6 Å². The molecule has 0 atom stereocenters. The molecule has 0 N–H and O–H groups in total. The summed E-state index contributed by atoms with van der Waals surface area (Å²) in [6, 6.07) is 11.5. The summed E-state index contributed by atoms with van der Waals surface area (Å²) < 4.78 is 32.7. The van der Waals surface area contributed by atoms with E-state index in [2.05, 4.69) is 0 Å². The lowest BCUT2D eigenvalue weighted by Gasteiger charge is -2.04. The van der Waals surface area contributed by atoms with Crippen LogP contribution >= 0.6 is 0 Å². The number of hydrogen-bond acceptors (Lipinski definition) is 2. The van der Waals surface area contributed by atoms with Gasteiger partial charge in [0.2, 0.25) is 5.43 Å². The van der Waals surface area contributed by atoms with Crippen molar-refractivity contribution in [2.24, 2.45) is 0 Å². The number of rotatable bonds is 0. The van der Waals surface area contributed by atoms with E-state index in [-0.39, 0.29) is 21.8 Å². The van der Waals surface area contributed by atoms with E-state index in [1.165, 1.54) is 30.3 Å². The van der Waals surface area contributed by atoms with Gasteiger partial charge in [-0.3, -0.25) is 4.79 Å². The van der Waals surface area contributed by atoms with Crippen LogP contribution in [0, 0.1) is 11.6 Å². The molecular formula is C17H8F2O2. The largest absolute Gasteiger partial charge is 0.456 e. The van der Waals surface area contributed by atoms with Crippen LogP contribution in [0.25, 0.3) is 32.7 Å². The Morgan fingerprint density at radius 1 is 0.810 bits per heavy atom. The highest BCUT2D eigenvalue weighted by Crippen LogP contribution is 2.26. The minimum absolute atomic E-state index is 0.184. The van der Waals surface area contributed by atoms with Gasteiger partial charge in [0.1, 0.15) is 22.8 Å². The number of halogens is 2. The molecule has 0 aliphatic carbocycles. The second-order valence-electron chi connectivity index (χ2n) is 4.88. The zero-order chi connectivity index (χ0) is 14.6. The molecule has 0 aliphatic rings. The topological polar surface area (TPSA) is 30.2 Å². The Balaban J connectivity index is 2.26. The van der Waals surface area contributed by atoms with Crippen molar-refractivity contribution >= 4 is 32.7 Å². The molecule has 4 aromatic rings. The van der Waals surface area contributed by atoms with Crippen LogP contribution in [0.4, 0.5) is 8.78 Å². The summed E-state index contributed by atoms with van der Waals surface area (Å²) in [6.07, 6.45) is 0.